The summed E-state index contributed by atoms with van der Waals surface area (Å²) in [6.45, 7) is 0.743. The number of carbonyl (C=O) groups is 1. The maximum atomic E-state index is 13.5. The van der Waals surface area contributed by atoms with Gasteiger partial charge in [0.05, 0.1) is 7.11 Å². The van der Waals surface area contributed by atoms with E-state index in [1.165, 1.54) is 19.4 Å². The standard InChI is InChI=1S/C20H24FN5O2/c1-28-19-17(10-23-20(22)25-19)18(27)24-14-8-15-5-6-16(9-14)26(15)11-12-3-2-4-13(21)7-12/h2-4,7,10,14-16H,5-6,8-9,11H2,1H3,(H,24,27)(H2,22,23,25). The Labute approximate surface area is 163 Å². The number of halogens is 1. The number of benzene rings is 1. The molecule has 2 aliphatic heterocycles. The molecule has 1 amide bonds. The van der Waals surface area contributed by atoms with Gasteiger partial charge in [-0.2, -0.15) is 4.98 Å². The van der Waals surface area contributed by atoms with Gasteiger partial charge in [-0.1, -0.05) is 12.1 Å². The fraction of sp³-hybridized carbons (Fsp3) is 0.450. The molecule has 0 spiro atoms. The number of nitrogens with zero attached hydrogens (tertiary/aromatic N) is 3. The zero-order chi connectivity index (χ0) is 19.7. The van der Waals surface area contributed by atoms with E-state index < -0.39 is 0 Å². The highest BCUT2D eigenvalue weighted by Crippen LogP contribution is 2.37. The van der Waals surface area contributed by atoms with Crippen LogP contribution in [0.15, 0.2) is 30.5 Å². The minimum Gasteiger partial charge on any atom is -0.480 e. The molecule has 1 aromatic carbocycles. The molecule has 8 heteroatoms. The van der Waals surface area contributed by atoms with Gasteiger partial charge < -0.3 is 15.8 Å². The van der Waals surface area contributed by atoms with Gasteiger partial charge in [0, 0.05) is 30.9 Å². The number of aromatic nitrogens is 2. The maximum absolute atomic E-state index is 13.5. The first-order valence-electron chi connectivity index (χ1n) is 9.51. The highest BCUT2D eigenvalue weighted by atomic mass is 19.1. The van der Waals surface area contributed by atoms with E-state index in [-0.39, 0.29) is 35.2 Å². The minimum absolute atomic E-state index is 0.0668. The molecule has 3 heterocycles. The second-order valence-electron chi connectivity index (χ2n) is 7.48. The fourth-order valence-corrected chi connectivity index (χ4v) is 4.45. The normalized spacial score (nSPS) is 24.1. The van der Waals surface area contributed by atoms with Crippen molar-refractivity contribution in [1.82, 2.24) is 20.2 Å². The number of amides is 1. The quantitative estimate of drug-likeness (QED) is 0.819. The number of hydrogen-bond acceptors (Lipinski definition) is 6. The second-order valence-corrected chi connectivity index (χ2v) is 7.48. The number of hydrogen-bond donors (Lipinski definition) is 2. The van der Waals surface area contributed by atoms with Gasteiger partial charge in [-0.05, 0) is 43.4 Å². The molecule has 148 valence electrons. The third kappa shape index (κ3) is 3.77. The summed E-state index contributed by atoms with van der Waals surface area (Å²) in [7, 11) is 1.45. The topological polar surface area (TPSA) is 93.4 Å². The monoisotopic (exact) mass is 385 g/mol. The number of rotatable bonds is 5. The number of nitrogens with two attached hydrogens (primary N) is 1. The molecule has 2 bridgehead atoms. The van der Waals surface area contributed by atoms with Crippen molar-refractivity contribution in [2.24, 2.45) is 0 Å². The van der Waals surface area contributed by atoms with Crippen LogP contribution in [0.5, 0.6) is 5.88 Å². The first-order valence-corrected chi connectivity index (χ1v) is 9.51. The fourth-order valence-electron chi connectivity index (χ4n) is 4.45. The van der Waals surface area contributed by atoms with Crippen LogP contribution >= 0.6 is 0 Å². The molecule has 2 unspecified atom stereocenters. The highest BCUT2D eigenvalue weighted by molar-refractivity contribution is 5.96. The lowest BCUT2D eigenvalue weighted by molar-refractivity contribution is 0.0824. The Morgan fingerprint density at radius 3 is 2.79 bits per heavy atom. The van der Waals surface area contributed by atoms with Gasteiger partial charge in [-0.3, -0.25) is 9.69 Å². The van der Waals surface area contributed by atoms with Crippen LogP contribution in [-0.4, -0.2) is 46.0 Å². The Kier molecular flexibility index (Phi) is 5.13. The molecule has 3 N–H and O–H groups in total. The van der Waals surface area contributed by atoms with Crippen LogP contribution in [0.3, 0.4) is 0 Å². The lowest BCUT2D eigenvalue weighted by Gasteiger charge is -2.39. The van der Waals surface area contributed by atoms with Crippen LogP contribution in [0.25, 0.3) is 0 Å². The van der Waals surface area contributed by atoms with Crippen molar-refractivity contribution in [3.8, 4) is 5.88 Å². The van der Waals surface area contributed by atoms with E-state index in [4.69, 9.17) is 10.5 Å². The Balaban J connectivity index is 1.41. The first kappa shape index (κ1) is 18.6. The average molecular weight is 385 g/mol. The van der Waals surface area contributed by atoms with Crippen molar-refractivity contribution in [2.45, 2.75) is 50.4 Å². The maximum Gasteiger partial charge on any atom is 0.258 e. The summed E-state index contributed by atoms with van der Waals surface area (Å²) in [4.78, 5) is 23.0. The molecular weight excluding hydrogens is 361 g/mol. The van der Waals surface area contributed by atoms with Crippen LogP contribution in [0, 0.1) is 5.82 Å². The SMILES string of the molecule is COc1nc(N)ncc1C(=O)NC1CC2CCC(C1)N2Cc1cccc(F)c1. The Morgan fingerprint density at radius 2 is 2.11 bits per heavy atom. The molecule has 2 aromatic rings. The summed E-state index contributed by atoms with van der Waals surface area (Å²) in [5.74, 6) is -0.208. The van der Waals surface area contributed by atoms with Gasteiger partial charge in [-0.25, -0.2) is 9.37 Å². The molecule has 0 saturated carbocycles. The molecule has 1 aromatic heterocycles. The number of fused-ring (bicyclic) bond motifs is 2. The van der Waals surface area contributed by atoms with Crippen molar-refractivity contribution >= 4 is 11.9 Å². The van der Waals surface area contributed by atoms with E-state index in [1.807, 2.05) is 6.07 Å². The van der Waals surface area contributed by atoms with Gasteiger partial charge in [0.2, 0.25) is 11.8 Å². The molecule has 2 atom stereocenters. The van der Waals surface area contributed by atoms with E-state index in [9.17, 15) is 9.18 Å². The summed E-state index contributed by atoms with van der Waals surface area (Å²) >= 11 is 0. The Morgan fingerprint density at radius 1 is 1.36 bits per heavy atom. The van der Waals surface area contributed by atoms with Gasteiger partial charge in [0.15, 0.2) is 0 Å². The molecular formula is C20H24FN5O2. The second kappa shape index (κ2) is 7.71. The average Bonchev–Trinajstić information content (AvgIpc) is 2.90. The van der Waals surface area contributed by atoms with Crippen LogP contribution in [0.1, 0.15) is 41.6 Å². The van der Waals surface area contributed by atoms with Gasteiger partial charge in [0.25, 0.3) is 5.91 Å². The summed E-state index contributed by atoms with van der Waals surface area (Å²) in [5.41, 5.74) is 6.83. The van der Waals surface area contributed by atoms with E-state index in [0.29, 0.717) is 12.1 Å². The molecule has 0 aliphatic carbocycles. The van der Waals surface area contributed by atoms with Crippen LogP contribution < -0.4 is 15.8 Å². The molecule has 28 heavy (non-hydrogen) atoms. The number of ether oxygens (including phenoxy) is 1. The zero-order valence-electron chi connectivity index (χ0n) is 15.8. The van der Waals surface area contributed by atoms with Crippen LogP contribution in [0.2, 0.25) is 0 Å². The zero-order valence-corrected chi connectivity index (χ0v) is 15.8. The lowest BCUT2D eigenvalue weighted by Crippen LogP contribution is -2.50. The third-order valence-electron chi connectivity index (χ3n) is 5.68. The lowest BCUT2D eigenvalue weighted by atomic mass is 9.96. The molecule has 2 saturated heterocycles. The Bertz CT molecular complexity index is 863. The minimum atomic E-state index is -0.250. The molecule has 2 aliphatic rings. The van der Waals surface area contributed by atoms with Gasteiger partial charge in [-0.15, -0.1) is 0 Å². The van der Waals surface area contributed by atoms with Gasteiger partial charge >= 0.3 is 0 Å². The number of piperidine rings is 1. The van der Waals surface area contributed by atoms with Crippen LogP contribution in [-0.2, 0) is 6.54 Å². The predicted molar refractivity (Wildman–Crippen MR) is 102 cm³/mol. The van der Waals surface area contributed by atoms with E-state index >= 15 is 0 Å². The smallest absolute Gasteiger partial charge is 0.258 e. The summed E-state index contributed by atoms with van der Waals surface area (Å²) in [5, 5.41) is 3.10. The van der Waals surface area contributed by atoms with Crippen molar-refractivity contribution in [3.05, 3.63) is 47.4 Å². The van der Waals surface area contributed by atoms with E-state index in [2.05, 4.69) is 20.2 Å². The highest BCUT2D eigenvalue weighted by Gasteiger charge is 2.41. The third-order valence-corrected chi connectivity index (χ3v) is 5.68. The summed E-state index contributed by atoms with van der Waals surface area (Å²) in [6, 6.07) is 7.63. The van der Waals surface area contributed by atoms with Crippen molar-refractivity contribution in [3.63, 3.8) is 0 Å². The van der Waals surface area contributed by atoms with Gasteiger partial charge in [0.1, 0.15) is 11.4 Å². The van der Waals surface area contributed by atoms with Crippen LogP contribution in [0.4, 0.5) is 10.3 Å². The molecule has 4 rings (SSSR count). The van der Waals surface area contributed by atoms with E-state index in [1.54, 1.807) is 12.1 Å². The summed E-state index contributed by atoms with van der Waals surface area (Å²) in [6.07, 6.45) is 5.33. The van der Waals surface area contributed by atoms with Crippen molar-refractivity contribution in [1.29, 1.82) is 0 Å². The molecule has 7 nitrogen and oxygen atoms in total. The number of carbonyl (C=O) groups excluding carboxylic acids is 1. The largest absolute Gasteiger partial charge is 0.480 e. The first-order chi connectivity index (χ1) is 13.5. The Hall–Kier alpha value is -2.74. The number of nitrogens with one attached hydrogen (secondary N) is 1. The molecule has 2 fully saturated rings. The number of methoxy groups -OCH3 is 1. The van der Waals surface area contributed by atoms with E-state index in [0.717, 1.165) is 37.8 Å². The number of nitrogen functional groups attached to an aromatic ring is 1. The van der Waals surface area contributed by atoms with Crippen molar-refractivity contribution < 1.29 is 13.9 Å². The predicted octanol–water partition coefficient (Wildman–Crippen LogP) is 2.13. The molecule has 0 radical (unpaired) electrons. The summed E-state index contributed by atoms with van der Waals surface area (Å²) < 4.78 is 18.6. The number of anilines is 1. The van der Waals surface area contributed by atoms with Crippen molar-refractivity contribution in [2.75, 3.05) is 12.8 Å².